The molecule has 0 unspecified atom stereocenters. The summed E-state index contributed by atoms with van der Waals surface area (Å²) in [6, 6.07) is 5.75. The molecule has 1 aromatic carbocycles. The summed E-state index contributed by atoms with van der Waals surface area (Å²) in [7, 11) is 1.63. The second kappa shape index (κ2) is 10.4. The molecule has 0 aromatic heterocycles. The van der Waals surface area contributed by atoms with E-state index in [2.05, 4.69) is 32.6 Å². The standard InChI is InChI=1S/C22H34N2O3/c1-17(2)15-23-10-12-24(13-11-23)22(25)9-7-19-6-8-20(21(14-19)26-5)27-16-18(3)4/h6-9,14,17-18H,10-13,15-16H2,1-5H3/b9-7+. The SMILES string of the molecule is COc1cc(/C=C/C(=O)N2CCN(CC(C)C)CC2)ccc1OCC(C)C. The van der Waals surface area contributed by atoms with Crippen molar-refractivity contribution in [2.45, 2.75) is 27.7 Å². The number of hydrogen-bond donors (Lipinski definition) is 0. The number of methoxy groups -OCH3 is 1. The first-order valence-electron chi connectivity index (χ1n) is 9.89. The maximum atomic E-state index is 12.5. The van der Waals surface area contributed by atoms with Crippen molar-refractivity contribution in [3.8, 4) is 11.5 Å². The van der Waals surface area contributed by atoms with Crippen LogP contribution in [0.4, 0.5) is 0 Å². The minimum absolute atomic E-state index is 0.0679. The molecule has 0 bridgehead atoms. The molecule has 0 spiro atoms. The Morgan fingerprint density at radius 3 is 2.37 bits per heavy atom. The third-order valence-corrected chi connectivity index (χ3v) is 4.49. The second-order valence-corrected chi connectivity index (χ2v) is 7.97. The molecule has 1 fully saturated rings. The summed E-state index contributed by atoms with van der Waals surface area (Å²) in [5.74, 6) is 2.60. The highest BCUT2D eigenvalue weighted by Gasteiger charge is 2.19. The molecule has 1 aliphatic heterocycles. The maximum Gasteiger partial charge on any atom is 0.246 e. The van der Waals surface area contributed by atoms with E-state index in [1.807, 2.05) is 29.2 Å². The number of hydrogen-bond acceptors (Lipinski definition) is 4. The lowest BCUT2D eigenvalue weighted by atomic mass is 10.1. The number of amides is 1. The lowest BCUT2D eigenvalue weighted by Gasteiger charge is -2.35. The molecular weight excluding hydrogens is 340 g/mol. The molecule has 0 saturated carbocycles. The fraction of sp³-hybridized carbons (Fsp3) is 0.591. The van der Waals surface area contributed by atoms with E-state index in [-0.39, 0.29) is 5.91 Å². The van der Waals surface area contributed by atoms with Gasteiger partial charge >= 0.3 is 0 Å². The maximum absolute atomic E-state index is 12.5. The van der Waals surface area contributed by atoms with Crippen LogP contribution in [0, 0.1) is 11.8 Å². The van der Waals surface area contributed by atoms with Gasteiger partial charge in [-0.1, -0.05) is 33.8 Å². The first-order valence-corrected chi connectivity index (χ1v) is 9.89. The predicted octanol–water partition coefficient (Wildman–Crippen LogP) is 3.54. The first-order chi connectivity index (χ1) is 12.9. The Bertz CT molecular complexity index is 632. The number of carbonyl (C=O) groups excluding carboxylic acids is 1. The molecule has 2 rings (SSSR count). The van der Waals surface area contributed by atoms with Gasteiger partial charge in [0.1, 0.15) is 0 Å². The van der Waals surface area contributed by atoms with E-state index < -0.39 is 0 Å². The Balaban J connectivity index is 1.92. The molecule has 1 saturated heterocycles. The average Bonchev–Trinajstić information content (AvgIpc) is 2.64. The molecule has 5 heteroatoms. The molecular formula is C22H34N2O3. The molecule has 150 valence electrons. The van der Waals surface area contributed by atoms with E-state index >= 15 is 0 Å². The fourth-order valence-corrected chi connectivity index (χ4v) is 3.10. The average molecular weight is 375 g/mol. The van der Waals surface area contributed by atoms with Crippen LogP contribution in [-0.4, -0.2) is 62.1 Å². The van der Waals surface area contributed by atoms with Gasteiger partial charge < -0.3 is 14.4 Å². The molecule has 1 aliphatic rings. The van der Waals surface area contributed by atoms with Crippen molar-refractivity contribution in [3.05, 3.63) is 29.8 Å². The van der Waals surface area contributed by atoms with Crippen LogP contribution in [0.3, 0.4) is 0 Å². The van der Waals surface area contributed by atoms with Gasteiger partial charge in [-0.3, -0.25) is 9.69 Å². The molecule has 1 heterocycles. The van der Waals surface area contributed by atoms with Crippen LogP contribution in [0.5, 0.6) is 11.5 Å². The van der Waals surface area contributed by atoms with E-state index in [4.69, 9.17) is 9.47 Å². The Morgan fingerprint density at radius 1 is 1.07 bits per heavy atom. The van der Waals surface area contributed by atoms with Crippen molar-refractivity contribution in [1.29, 1.82) is 0 Å². The number of carbonyl (C=O) groups is 1. The Labute approximate surface area is 163 Å². The zero-order valence-corrected chi connectivity index (χ0v) is 17.4. The molecule has 1 aromatic rings. The van der Waals surface area contributed by atoms with Crippen molar-refractivity contribution in [3.63, 3.8) is 0 Å². The van der Waals surface area contributed by atoms with Gasteiger partial charge in [-0.25, -0.2) is 0 Å². The minimum atomic E-state index is 0.0679. The zero-order valence-electron chi connectivity index (χ0n) is 17.4. The normalized spacial score (nSPS) is 15.7. The quantitative estimate of drug-likeness (QED) is 0.653. The lowest BCUT2D eigenvalue weighted by Crippen LogP contribution is -2.49. The number of piperazine rings is 1. The summed E-state index contributed by atoms with van der Waals surface area (Å²) in [6.07, 6.45) is 3.50. The number of benzene rings is 1. The van der Waals surface area contributed by atoms with Crippen molar-refractivity contribution >= 4 is 12.0 Å². The number of nitrogens with zero attached hydrogens (tertiary/aromatic N) is 2. The fourth-order valence-electron chi connectivity index (χ4n) is 3.10. The van der Waals surface area contributed by atoms with Crippen molar-refractivity contribution in [2.24, 2.45) is 11.8 Å². The predicted molar refractivity (Wildman–Crippen MR) is 110 cm³/mol. The van der Waals surface area contributed by atoms with E-state index in [1.165, 1.54) is 0 Å². The van der Waals surface area contributed by atoms with Crippen LogP contribution in [0.15, 0.2) is 24.3 Å². The van der Waals surface area contributed by atoms with Gasteiger partial charge in [0.15, 0.2) is 11.5 Å². The second-order valence-electron chi connectivity index (χ2n) is 7.97. The molecule has 5 nitrogen and oxygen atoms in total. The van der Waals surface area contributed by atoms with E-state index in [0.29, 0.717) is 24.2 Å². The Hall–Kier alpha value is -2.01. The lowest BCUT2D eigenvalue weighted by molar-refractivity contribution is -0.127. The third-order valence-electron chi connectivity index (χ3n) is 4.49. The highest BCUT2D eigenvalue weighted by molar-refractivity contribution is 5.92. The van der Waals surface area contributed by atoms with Crippen molar-refractivity contribution in [1.82, 2.24) is 9.80 Å². The van der Waals surface area contributed by atoms with E-state index in [1.54, 1.807) is 13.2 Å². The molecule has 27 heavy (non-hydrogen) atoms. The van der Waals surface area contributed by atoms with Crippen LogP contribution in [0.25, 0.3) is 6.08 Å². The zero-order chi connectivity index (χ0) is 19.8. The van der Waals surface area contributed by atoms with E-state index in [9.17, 15) is 4.79 Å². The summed E-state index contributed by atoms with van der Waals surface area (Å²) in [6.45, 7) is 13.9. The van der Waals surface area contributed by atoms with Crippen LogP contribution in [-0.2, 0) is 4.79 Å². The minimum Gasteiger partial charge on any atom is -0.493 e. The summed E-state index contributed by atoms with van der Waals surface area (Å²) < 4.78 is 11.2. The topological polar surface area (TPSA) is 42.0 Å². The smallest absolute Gasteiger partial charge is 0.246 e. The largest absolute Gasteiger partial charge is 0.493 e. The van der Waals surface area contributed by atoms with Gasteiger partial charge in [0.2, 0.25) is 5.91 Å². The van der Waals surface area contributed by atoms with Gasteiger partial charge in [-0.15, -0.1) is 0 Å². The van der Waals surface area contributed by atoms with E-state index in [0.717, 1.165) is 44.0 Å². The highest BCUT2D eigenvalue weighted by atomic mass is 16.5. The van der Waals surface area contributed by atoms with Gasteiger partial charge in [0.05, 0.1) is 13.7 Å². The number of rotatable bonds is 8. The van der Waals surface area contributed by atoms with Crippen LogP contribution >= 0.6 is 0 Å². The van der Waals surface area contributed by atoms with Crippen LogP contribution in [0.2, 0.25) is 0 Å². The number of ether oxygens (including phenoxy) is 2. The molecule has 0 N–H and O–H groups in total. The van der Waals surface area contributed by atoms with Crippen molar-refractivity contribution < 1.29 is 14.3 Å². The molecule has 0 radical (unpaired) electrons. The summed E-state index contributed by atoms with van der Waals surface area (Å²) in [4.78, 5) is 16.8. The third kappa shape index (κ3) is 6.90. The van der Waals surface area contributed by atoms with Gasteiger partial charge in [0.25, 0.3) is 0 Å². The summed E-state index contributed by atoms with van der Waals surface area (Å²) in [5, 5.41) is 0. The van der Waals surface area contributed by atoms with Gasteiger partial charge in [0, 0.05) is 38.8 Å². The Morgan fingerprint density at radius 2 is 1.78 bits per heavy atom. The van der Waals surface area contributed by atoms with Crippen LogP contribution < -0.4 is 9.47 Å². The van der Waals surface area contributed by atoms with Crippen molar-refractivity contribution in [2.75, 3.05) is 46.4 Å². The highest BCUT2D eigenvalue weighted by Crippen LogP contribution is 2.29. The molecule has 0 atom stereocenters. The molecule has 0 aliphatic carbocycles. The summed E-state index contributed by atoms with van der Waals surface area (Å²) in [5.41, 5.74) is 0.926. The Kier molecular flexibility index (Phi) is 8.17. The van der Waals surface area contributed by atoms with Crippen LogP contribution in [0.1, 0.15) is 33.3 Å². The van der Waals surface area contributed by atoms with Gasteiger partial charge in [-0.2, -0.15) is 0 Å². The first kappa shape index (κ1) is 21.3. The monoisotopic (exact) mass is 374 g/mol. The van der Waals surface area contributed by atoms with Gasteiger partial charge in [-0.05, 0) is 35.6 Å². The summed E-state index contributed by atoms with van der Waals surface area (Å²) >= 11 is 0. The molecule has 1 amide bonds.